The Morgan fingerprint density at radius 2 is 1.90 bits per heavy atom. The van der Waals surface area contributed by atoms with Crippen molar-refractivity contribution in [1.82, 2.24) is 4.57 Å². The normalized spacial score (nSPS) is 15.1. The maximum atomic E-state index is 13.5. The first-order valence-electron chi connectivity index (χ1n) is 10.2. The highest BCUT2D eigenvalue weighted by Crippen LogP contribution is 2.42. The summed E-state index contributed by atoms with van der Waals surface area (Å²) < 4.78 is 23.8. The number of hydrogen-bond acceptors (Lipinski definition) is 7. The van der Waals surface area contributed by atoms with Gasteiger partial charge in [-0.05, 0) is 38.5 Å². The van der Waals surface area contributed by atoms with E-state index in [1.807, 2.05) is 26.8 Å². The fourth-order valence-corrected chi connectivity index (χ4v) is 3.73. The minimum absolute atomic E-state index is 0.0136. The van der Waals surface area contributed by atoms with Gasteiger partial charge in [0.25, 0.3) is 5.56 Å². The van der Waals surface area contributed by atoms with Gasteiger partial charge in [-0.1, -0.05) is 6.07 Å². The predicted octanol–water partition coefficient (Wildman–Crippen LogP) is 2.82. The van der Waals surface area contributed by atoms with Gasteiger partial charge in [0, 0.05) is 25.4 Å². The summed E-state index contributed by atoms with van der Waals surface area (Å²) in [4.78, 5) is 13.5. The first-order chi connectivity index (χ1) is 15.0. The highest BCUT2D eigenvalue weighted by Gasteiger charge is 2.34. The number of fused-ring (bicyclic) bond motifs is 1. The van der Waals surface area contributed by atoms with Gasteiger partial charge in [0.2, 0.25) is 5.88 Å². The maximum absolute atomic E-state index is 13.5. The average molecular weight is 425 g/mol. The summed E-state index contributed by atoms with van der Waals surface area (Å²) >= 11 is 0. The number of aryl methyl sites for hydroxylation is 1. The van der Waals surface area contributed by atoms with Crippen LogP contribution in [0.5, 0.6) is 17.2 Å². The number of rotatable bonds is 8. The van der Waals surface area contributed by atoms with Gasteiger partial charge in [-0.2, -0.15) is 5.26 Å². The van der Waals surface area contributed by atoms with Crippen LogP contribution in [0.25, 0.3) is 0 Å². The van der Waals surface area contributed by atoms with Crippen LogP contribution in [0.2, 0.25) is 0 Å². The van der Waals surface area contributed by atoms with Crippen molar-refractivity contribution < 1.29 is 18.9 Å². The lowest BCUT2D eigenvalue weighted by Gasteiger charge is -2.27. The molecule has 8 nitrogen and oxygen atoms in total. The monoisotopic (exact) mass is 425 g/mol. The molecule has 164 valence electrons. The molecule has 1 aliphatic rings. The van der Waals surface area contributed by atoms with Crippen molar-refractivity contribution in [2.24, 2.45) is 5.73 Å². The number of nitrogens with zero attached hydrogens (tertiary/aromatic N) is 2. The third-order valence-electron chi connectivity index (χ3n) is 5.11. The van der Waals surface area contributed by atoms with Crippen molar-refractivity contribution in [3.05, 3.63) is 62.9 Å². The fraction of sp³-hybridized carbons (Fsp3) is 0.391. The number of methoxy groups -OCH3 is 1. The maximum Gasteiger partial charge on any atom is 0.258 e. The third-order valence-corrected chi connectivity index (χ3v) is 5.11. The zero-order valence-corrected chi connectivity index (χ0v) is 18.2. The number of pyridine rings is 1. The zero-order chi connectivity index (χ0) is 22.5. The Hall–Kier alpha value is -3.44. The SMILES string of the molecule is CCOc1ccc([C@H]2C(C#N)=C(N)Oc3cc(C)n(CCOC)c(=O)c32)cc1OCC. The van der Waals surface area contributed by atoms with Gasteiger partial charge >= 0.3 is 0 Å². The molecule has 1 aromatic carbocycles. The van der Waals surface area contributed by atoms with E-state index in [-0.39, 0.29) is 17.0 Å². The Bertz CT molecular complexity index is 1100. The number of nitrogens with two attached hydrogens (primary N) is 1. The summed E-state index contributed by atoms with van der Waals surface area (Å²) in [5, 5.41) is 9.83. The molecule has 8 heteroatoms. The molecular weight excluding hydrogens is 398 g/mol. The molecular formula is C23H27N3O5. The Kier molecular flexibility index (Phi) is 6.88. The summed E-state index contributed by atoms with van der Waals surface area (Å²) in [7, 11) is 1.58. The second kappa shape index (κ2) is 9.58. The Labute approximate surface area is 181 Å². The van der Waals surface area contributed by atoms with E-state index in [1.165, 1.54) is 0 Å². The van der Waals surface area contributed by atoms with Crippen molar-refractivity contribution in [3.8, 4) is 23.3 Å². The highest BCUT2D eigenvalue weighted by atomic mass is 16.5. The van der Waals surface area contributed by atoms with Crippen LogP contribution >= 0.6 is 0 Å². The van der Waals surface area contributed by atoms with Crippen LogP contribution in [0.1, 0.15) is 36.6 Å². The number of nitriles is 1. The van der Waals surface area contributed by atoms with Crippen molar-refractivity contribution in [2.45, 2.75) is 33.2 Å². The number of ether oxygens (including phenoxy) is 4. The Balaban J connectivity index is 2.24. The molecule has 0 saturated carbocycles. The Morgan fingerprint density at radius 3 is 2.55 bits per heavy atom. The molecule has 0 radical (unpaired) electrons. The highest BCUT2D eigenvalue weighted by molar-refractivity contribution is 5.57. The summed E-state index contributed by atoms with van der Waals surface area (Å²) in [5.74, 6) is 0.783. The van der Waals surface area contributed by atoms with Crippen LogP contribution in [0.15, 0.2) is 40.5 Å². The Morgan fingerprint density at radius 1 is 1.19 bits per heavy atom. The molecule has 1 aromatic heterocycles. The van der Waals surface area contributed by atoms with Crippen LogP contribution < -0.4 is 25.5 Å². The second-order valence-corrected chi connectivity index (χ2v) is 7.01. The first kappa shape index (κ1) is 22.2. The first-order valence-corrected chi connectivity index (χ1v) is 10.2. The molecule has 2 heterocycles. The quantitative estimate of drug-likeness (QED) is 0.693. The summed E-state index contributed by atoms with van der Waals surface area (Å²) in [6.45, 7) is 7.28. The van der Waals surface area contributed by atoms with Gasteiger partial charge in [-0.25, -0.2) is 0 Å². The summed E-state index contributed by atoms with van der Waals surface area (Å²) in [6, 6.07) is 9.27. The number of hydrogen-bond donors (Lipinski definition) is 1. The number of aromatic nitrogens is 1. The molecule has 31 heavy (non-hydrogen) atoms. The van der Waals surface area contributed by atoms with Gasteiger partial charge < -0.3 is 29.2 Å². The minimum Gasteiger partial charge on any atom is -0.490 e. The molecule has 0 spiro atoms. The average Bonchev–Trinajstić information content (AvgIpc) is 2.74. The van der Waals surface area contributed by atoms with Crippen molar-refractivity contribution in [3.63, 3.8) is 0 Å². The van der Waals surface area contributed by atoms with Gasteiger partial charge in [0.15, 0.2) is 11.5 Å². The van der Waals surface area contributed by atoms with E-state index >= 15 is 0 Å². The van der Waals surface area contributed by atoms with E-state index in [0.29, 0.717) is 54.7 Å². The standard InChI is InChI=1S/C23H27N3O5/c1-5-29-17-8-7-15(12-18(17)30-6-2)20-16(13-24)22(25)31-19-11-14(3)26(9-10-28-4)23(27)21(19)20/h7-8,11-12,20H,5-6,9-10,25H2,1-4H3/t20-/m0/s1. The summed E-state index contributed by atoms with van der Waals surface area (Å²) in [6.07, 6.45) is 0. The van der Waals surface area contributed by atoms with E-state index in [0.717, 1.165) is 5.69 Å². The molecule has 0 amide bonds. The van der Waals surface area contributed by atoms with E-state index < -0.39 is 5.92 Å². The van der Waals surface area contributed by atoms with E-state index in [9.17, 15) is 10.1 Å². The number of allylic oxidation sites excluding steroid dienone is 1. The van der Waals surface area contributed by atoms with E-state index in [2.05, 4.69) is 6.07 Å². The lowest BCUT2D eigenvalue weighted by atomic mass is 9.84. The molecule has 0 unspecified atom stereocenters. The molecule has 0 saturated heterocycles. The van der Waals surface area contributed by atoms with Gasteiger partial charge in [0.05, 0.1) is 31.3 Å². The van der Waals surface area contributed by atoms with E-state index in [4.69, 9.17) is 24.7 Å². The van der Waals surface area contributed by atoms with Crippen LogP contribution in [-0.2, 0) is 11.3 Å². The van der Waals surface area contributed by atoms with E-state index in [1.54, 1.807) is 29.9 Å². The number of benzene rings is 1. The minimum atomic E-state index is -0.689. The molecule has 0 aliphatic carbocycles. The molecule has 0 fully saturated rings. The van der Waals surface area contributed by atoms with Gasteiger partial charge in [0.1, 0.15) is 17.4 Å². The van der Waals surface area contributed by atoms with Gasteiger partial charge in [-0.15, -0.1) is 0 Å². The zero-order valence-electron chi connectivity index (χ0n) is 18.2. The van der Waals surface area contributed by atoms with Crippen LogP contribution in [0.3, 0.4) is 0 Å². The van der Waals surface area contributed by atoms with Gasteiger partial charge in [-0.3, -0.25) is 4.79 Å². The smallest absolute Gasteiger partial charge is 0.258 e. The van der Waals surface area contributed by atoms with Crippen molar-refractivity contribution >= 4 is 0 Å². The molecule has 1 atom stereocenters. The predicted molar refractivity (Wildman–Crippen MR) is 115 cm³/mol. The van der Waals surface area contributed by atoms with Crippen molar-refractivity contribution in [2.75, 3.05) is 26.9 Å². The topological polar surface area (TPSA) is 109 Å². The molecule has 1 aliphatic heterocycles. The van der Waals surface area contributed by atoms with Crippen LogP contribution in [0, 0.1) is 18.3 Å². The molecule has 0 bridgehead atoms. The molecule has 2 N–H and O–H groups in total. The lowest BCUT2D eigenvalue weighted by molar-refractivity contribution is 0.185. The molecule has 2 aromatic rings. The lowest BCUT2D eigenvalue weighted by Crippen LogP contribution is -2.33. The van der Waals surface area contributed by atoms with Crippen LogP contribution in [0.4, 0.5) is 0 Å². The largest absolute Gasteiger partial charge is 0.490 e. The fourth-order valence-electron chi connectivity index (χ4n) is 3.73. The van der Waals surface area contributed by atoms with Crippen molar-refractivity contribution in [1.29, 1.82) is 5.26 Å². The van der Waals surface area contributed by atoms with Crippen LogP contribution in [-0.4, -0.2) is 31.5 Å². The second-order valence-electron chi connectivity index (χ2n) is 7.01. The third kappa shape index (κ3) is 4.23. The summed E-state index contributed by atoms with van der Waals surface area (Å²) in [5.41, 5.74) is 7.78. The molecule has 3 rings (SSSR count).